The van der Waals surface area contributed by atoms with E-state index in [9.17, 15) is 0 Å². The molecule has 2 atom stereocenters. The van der Waals surface area contributed by atoms with Crippen molar-refractivity contribution in [1.82, 2.24) is 4.90 Å². The zero-order valence-corrected chi connectivity index (χ0v) is 15.0. The van der Waals surface area contributed by atoms with Gasteiger partial charge in [0.15, 0.2) is 0 Å². The smallest absolute Gasteiger partial charge is 0.149 e. The predicted molar refractivity (Wildman–Crippen MR) is 100 cm³/mol. The minimum absolute atomic E-state index is 0.159. The molecule has 2 aromatic carbocycles. The van der Waals surface area contributed by atoms with Crippen molar-refractivity contribution < 1.29 is 14.3 Å². The molecule has 0 aromatic heterocycles. The first-order valence-corrected chi connectivity index (χ1v) is 9.05. The van der Waals surface area contributed by atoms with Gasteiger partial charge < -0.3 is 14.3 Å². The van der Waals surface area contributed by atoms with Gasteiger partial charge in [-0.05, 0) is 23.3 Å². The standard InChI is InChI=1S/C21H24N2O3/c1-24-10-11-25-18-9-5-6-16(12-18)13-23-14-19-20(15-23)26-22-21(19)17-7-3-2-4-8-17/h2-9,12,19-20H,10-11,13-15H2,1H3. The van der Waals surface area contributed by atoms with E-state index < -0.39 is 0 Å². The van der Waals surface area contributed by atoms with Crippen LogP contribution in [-0.2, 0) is 16.1 Å². The maximum atomic E-state index is 5.71. The number of hydrogen-bond donors (Lipinski definition) is 0. The van der Waals surface area contributed by atoms with Gasteiger partial charge in [-0.15, -0.1) is 0 Å². The van der Waals surface area contributed by atoms with Gasteiger partial charge in [0.25, 0.3) is 0 Å². The van der Waals surface area contributed by atoms with Crippen molar-refractivity contribution in [2.45, 2.75) is 12.6 Å². The molecule has 0 bridgehead atoms. The Morgan fingerprint density at radius 1 is 1.08 bits per heavy atom. The Kier molecular flexibility index (Phi) is 5.18. The number of likely N-dealkylation sites (tertiary alicyclic amines) is 1. The van der Waals surface area contributed by atoms with Gasteiger partial charge in [-0.25, -0.2) is 0 Å². The van der Waals surface area contributed by atoms with Crippen molar-refractivity contribution >= 4 is 5.71 Å². The molecule has 2 heterocycles. The molecule has 136 valence electrons. The molecule has 0 saturated carbocycles. The maximum Gasteiger partial charge on any atom is 0.149 e. The van der Waals surface area contributed by atoms with Crippen molar-refractivity contribution in [2.75, 3.05) is 33.4 Å². The summed E-state index contributed by atoms with van der Waals surface area (Å²) in [6.07, 6.45) is 0.159. The minimum atomic E-state index is 0.159. The Hall–Kier alpha value is -2.37. The fourth-order valence-electron chi connectivity index (χ4n) is 3.65. The van der Waals surface area contributed by atoms with Crippen LogP contribution in [-0.4, -0.2) is 50.1 Å². The lowest BCUT2D eigenvalue weighted by molar-refractivity contribution is 0.0745. The van der Waals surface area contributed by atoms with E-state index in [4.69, 9.17) is 14.3 Å². The lowest BCUT2D eigenvalue weighted by Crippen LogP contribution is -2.23. The molecule has 0 aliphatic carbocycles. The number of fused-ring (bicyclic) bond motifs is 1. The Balaban J connectivity index is 1.38. The van der Waals surface area contributed by atoms with Crippen molar-refractivity contribution in [1.29, 1.82) is 0 Å². The lowest BCUT2D eigenvalue weighted by Gasteiger charge is -2.17. The van der Waals surface area contributed by atoms with E-state index in [0.717, 1.165) is 36.7 Å². The summed E-state index contributed by atoms with van der Waals surface area (Å²) < 4.78 is 10.7. The van der Waals surface area contributed by atoms with Gasteiger partial charge in [0.2, 0.25) is 0 Å². The van der Waals surface area contributed by atoms with Crippen LogP contribution in [0.15, 0.2) is 59.8 Å². The Bertz CT molecular complexity index is 763. The second-order valence-electron chi connectivity index (χ2n) is 6.78. The molecule has 2 aromatic rings. The normalized spacial score (nSPS) is 22.0. The van der Waals surface area contributed by atoms with Crippen LogP contribution in [0.25, 0.3) is 0 Å². The molecule has 2 aliphatic heterocycles. The number of ether oxygens (including phenoxy) is 2. The average Bonchev–Trinajstić information content (AvgIpc) is 3.23. The largest absolute Gasteiger partial charge is 0.491 e. The van der Waals surface area contributed by atoms with Crippen LogP contribution >= 0.6 is 0 Å². The molecular weight excluding hydrogens is 328 g/mol. The van der Waals surface area contributed by atoms with Crippen LogP contribution in [0.4, 0.5) is 0 Å². The summed E-state index contributed by atoms with van der Waals surface area (Å²) in [5, 5.41) is 4.35. The highest BCUT2D eigenvalue weighted by atomic mass is 16.6. The van der Waals surface area contributed by atoms with E-state index in [1.165, 1.54) is 5.56 Å². The molecule has 26 heavy (non-hydrogen) atoms. The van der Waals surface area contributed by atoms with Gasteiger partial charge in [0.05, 0.1) is 18.2 Å². The number of hydrogen-bond acceptors (Lipinski definition) is 5. The van der Waals surface area contributed by atoms with Crippen LogP contribution < -0.4 is 4.74 Å². The third kappa shape index (κ3) is 3.74. The molecular formula is C21H24N2O3. The first-order valence-electron chi connectivity index (χ1n) is 9.05. The predicted octanol–water partition coefficient (Wildman–Crippen LogP) is 2.95. The summed E-state index contributed by atoms with van der Waals surface area (Å²) in [4.78, 5) is 8.14. The van der Waals surface area contributed by atoms with Crippen molar-refractivity contribution in [3.8, 4) is 5.75 Å². The second kappa shape index (κ2) is 7.89. The SMILES string of the molecule is COCCOc1cccc(CN2CC3ON=C(c4ccccc4)C3C2)c1. The van der Waals surface area contributed by atoms with Crippen LogP contribution in [0.5, 0.6) is 5.75 Å². The van der Waals surface area contributed by atoms with E-state index in [0.29, 0.717) is 19.1 Å². The molecule has 1 fully saturated rings. The van der Waals surface area contributed by atoms with Gasteiger partial charge in [0, 0.05) is 26.7 Å². The fraction of sp³-hybridized carbons (Fsp3) is 0.381. The highest BCUT2D eigenvalue weighted by molar-refractivity contribution is 6.03. The molecule has 0 spiro atoms. The number of methoxy groups -OCH3 is 1. The molecule has 2 unspecified atom stereocenters. The number of nitrogens with zero attached hydrogens (tertiary/aromatic N) is 2. The summed E-state index contributed by atoms with van der Waals surface area (Å²) in [5.41, 5.74) is 3.49. The molecule has 0 N–H and O–H groups in total. The molecule has 0 radical (unpaired) electrons. The first kappa shape index (κ1) is 17.1. The van der Waals surface area contributed by atoms with Crippen LogP contribution in [0.3, 0.4) is 0 Å². The highest BCUT2D eigenvalue weighted by Crippen LogP contribution is 2.31. The van der Waals surface area contributed by atoms with Gasteiger partial charge in [0.1, 0.15) is 18.5 Å². The average molecular weight is 352 g/mol. The van der Waals surface area contributed by atoms with E-state index in [-0.39, 0.29) is 6.10 Å². The van der Waals surface area contributed by atoms with E-state index >= 15 is 0 Å². The number of benzene rings is 2. The Labute approximate surface area is 154 Å². The molecule has 5 nitrogen and oxygen atoms in total. The summed E-state index contributed by atoms with van der Waals surface area (Å²) in [6, 6.07) is 18.6. The molecule has 2 aliphatic rings. The number of oxime groups is 1. The zero-order valence-electron chi connectivity index (χ0n) is 15.0. The first-order chi connectivity index (χ1) is 12.8. The fourth-order valence-corrected chi connectivity index (χ4v) is 3.65. The summed E-state index contributed by atoms with van der Waals surface area (Å²) in [7, 11) is 1.68. The third-order valence-corrected chi connectivity index (χ3v) is 4.91. The maximum absolute atomic E-state index is 5.71. The van der Waals surface area contributed by atoms with Crippen LogP contribution in [0.1, 0.15) is 11.1 Å². The third-order valence-electron chi connectivity index (χ3n) is 4.91. The quantitative estimate of drug-likeness (QED) is 0.719. The molecule has 4 rings (SSSR count). The number of rotatable bonds is 7. The van der Waals surface area contributed by atoms with Gasteiger partial charge in [-0.1, -0.05) is 47.6 Å². The van der Waals surface area contributed by atoms with Crippen LogP contribution in [0.2, 0.25) is 0 Å². The lowest BCUT2D eigenvalue weighted by atomic mass is 9.95. The molecule has 0 amide bonds. The van der Waals surface area contributed by atoms with E-state index in [2.05, 4.69) is 34.3 Å². The van der Waals surface area contributed by atoms with Crippen molar-refractivity contribution in [3.63, 3.8) is 0 Å². The van der Waals surface area contributed by atoms with Crippen molar-refractivity contribution in [2.24, 2.45) is 11.1 Å². The summed E-state index contributed by atoms with van der Waals surface area (Å²) in [6.45, 7) is 3.92. The van der Waals surface area contributed by atoms with Gasteiger partial charge in [-0.3, -0.25) is 4.90 Å². The van der Waals surface area contributed by atoms with E-state index in [1.54, 1.807) is 7.11 Å². The van der Waals surface area contributed by atoms with Crippen LogP contribution in [0, 0.1) is 5.92 Å². The topological polar surface area (TPSA) is 43.3 Å². The van der Waals surface area contributed by atoms with E-state index in [1.807, 2.05) is 30.3 Å². The summed E-state index contributed by atoms with van der Waals surface area (Å²) >= 11 is 0. The second-order valence-corrected chi connectivity index (χ2v) is 6.78. The Morgan fingerprint density at radius 2 is 1.96 bits per heavy atom. The molecule has 1 saturated heterocycles. The minimum Gasteiger partial charge on any atom is -0.491 e. The van der Waals surface area contributed by atoms with Gasteiger partial charge in [-0.2, -0.15) is 0 Å². The molecule has 5 heteroatoms. The Morgan fingerprint density at radius 3 is 2.81 bits per heavy atom. The zero-order chi connectivity index (χ0) is 17.8. The van der Waals surface area contributed by atoms with Crippen molar-refractivity contribution in [3.05, 3.63) is 65.7 Å². The monoisotopic (exact) mass is 352 g/mol. The highest BCUT2D eigenvalue weighted by Gasteiger charge is 2.42. The summed E-state index contributed by atoms with van der Waals surface area (Å²) in [5.74, 6) is 1.24. The van der Waals surface area contributed by atoms with Gasteiger partial charge >= 0.3 is 0 Å².